The topological polar surface area (TPSA) is 272 Å². The average Bonchev–Trinajstić information content (AvgIpc) is 3.95. The van der Waals surface area contributed by atoms with Crippen LogP contribution >= 0.6 is 0 Å². The summed E-state index contributed by atoms with van der Waals surface area (Å²) in [4.78, 5) is 90.6. The smallest absolute Gasteiger partial charge is 0.336 e. The molecule has 3 heterocycles. The van der Waals surface area contributed by atoms with Gasteiger partial charge in [-0.3, -0.25) is 24.0 Å². The van der Waals surface area contributed by atoms with Gasteiger partial charge in [0, 0.05) is 16.7 Å². The molecule has 19 heteroatoms. The quantitative estimate of drug-likeness (QED) is 0.136. The molecule has 2 atom stereocenters. The largest absolute Gasteiger partial charge is 0.481 e. The number of hydrogen-bond acceptors (Lipinski definition) is 15. The predicted octanol–water partition coefficient (Wildman–Crippen LogP) is 2.99. The Balaban J connectivity index is 1.43. The molecule has 0 bridgehead atoms. The lowest BCUT2D eigenvalue weighted by Gasteiger charge is -2.24. The van der Waals surface area contributed by atoms with Gasteiger partial charge in [-0.2, -0.15) is 15.0 Å². The van der Waals surface area contributed by atoms with Gasteiger partial charge in [0.05, 0.1) is 6.42 Å². The Morgan fingerprint density at radius 2 is 1.06 bits per heavy atom. The number of nitrogens with zero attached hydrogens (tertiary/aromatic N) is 6. The Morgan fingerprint density at radius 3 is 1.48 bits per heavy atom. The Bertz CT molecular complexity index is 2320. The van der Waals surface area contributed by atoms with Crippen molar-refractivity contribution in [1.82, 2.24) is 35.7 Å². The summed E-state index contributed by atoms with van der Waals surface area (Å²) in [5.41, 5.74) is -1.17. The zero-order valence-electron chi connectivity index (χ0n) is 27.8. The minimum absolute atomic E-state index is 0.0875. The second-order valence-corrected chi connectivity index (χ2v) is 11.7. The number of carbonyl (C=O) groups is 6. The van der Waals surface area contributed by atoms with E-state index in [9.17, 15) is 43.4 Å². The molecular formula is C35H24FN7O11. The van der Waals surface area contributed by atoms with E-state index in [0.717, 1.165) is 35.4 Å². The lowest BCUT2D eigenvalue weighted by atomic mass is 9.82. The summed E-state index contributed by atoms with van der Waals surface area (Å²) >= 11 is 0. The standard InChI is InChI=1S/C35H24FN7O11/c1-16-3-7-18(8-4-16)24(46)27-38-30(52-41-27)23(31(49)50)37-32(51)35(15-22(44)45,33-39-28(42-53-33)25(47)19-9-5-17(2)6-10-19)34-40-29(43-54-34)26(48)20-11-13-21(36)14-12-20/h3-14,23H,15H2,1-2H3,(H,37,51)(H,44,45)(H,49,50). The van der Waals surface area contributed by atoms with Gasteiger partial charge in [0.2, 0.25) is 52.2 Å². The van der Waals surface area contributed by atoms with Gasteiger partial charge in [0.1, 0.15) is 5.82 Å². The van der Waals surface area contributed by atoms with E-state index in [-0.39, 0.29) is 16.7 Å². The lowest BCUT2D eigenvalue weighted by molar-refractivity contribution is -0.145. The lowest BCUT2D eigenvalue weighted by Crippen LogP contribution is -2.50. The van der Waals surface area contributed by atoms with E-state index in [1.165, 1.54) is 24.3 Å². The first-order valence-corrected chi connectivity index (χ1v) is 15.6. The molecule has 0 saturated carbocycles. The molecule has 6 aromatic rings. The minimum atomic E-state index is -2.94. The molecule has 0 aliphatic carbocycles. The third-order valence-electron chi connectivity index (χ3n) is 7.94. The highest BCUT2D eigenvalue weighted by molar-refractivity contribution is 6.08. The van der Waals surface area contributed by atoms with Crippen LogP contribution in [0.1, 0.15) is 89.8 Å². The van der Waals surface area contributed by atoms with Crippen molar-refractivity contribution in [1.29, 1.82) is 0 Å². The van der Waals surface area contributed by atoms with Crippen LogP contribution in [0.25, 0.3) is 0 Å². The van der Waals surface area contributed by atoms with Crippen molar-refractivity contribution in [2.45, 2.75) is 31.7 Å². The molecule has 3 N–H and O–H groups in total. The highest BCUT2D eigenvalue weighted by Crippen LogP contribution is 2.36. The van der Waals surface area contributed by atoms with Gasteiger partial charge in [-0.05, 0) is 38.1 Å². The molecule has 54 heavy (non-hydrogen) atoms. The number of amides is 1. The maximum atomic E-state index is 14.4. The van der Waals surface area contributed by atoms with E-state index in [1.807, 2.05) is 0 Å². The van der Waals surface area contributed by atoms with Crippen molar-refractivity contribution >= 4 is 35.2 Å². The summed E-state index contributed by atoms with van der Waals surface area (Å²) in [5.74, 6) is -13.0. The van der Waals surface area contributed by atoms with Crippen LogP contribution in [-0.4, -0.2) is 75.8 Å². The molecule has 3 aromatic heterocycles. The van der Waals surface area contributed by atoms with Crippen LogP contribution in [0.3, 0.4) is 0 Å². The molecule has 0 radical (unpaired) electrons. The molecule has 0 fully saturated rings. The molecule has 18 nitrogen and oxygen atoms in total. The molecular weight excluding hydrogens is 713 g/mol. The van der Waals surface area contributed by atoms with Crippen molar-refractivity contribution in [2.75, 3.05) is 0 Å². The van der Waals surface area contributed by atoms with Gasteiger partial charge in [-0.25, -0.2) is 9.18 Å². The van der Waals surface area contributed by atoms with Gasteiger partial charge in [-0.15, -0.1) is 0 Å². The fraction of sp³-hybridized carbons (Fsp3) is 0.143. The Kier molecular flexibility index (Phi) is 9.78. The summed E-state index contributed by atoms with van der Waals surface area (Å²) in [6.07, 6.45) is -1.36. The van der Waals surface area contributed by atoms with E-state index >= 15 is 0 Å². The Hall–Kier alpha value is -7.57. The Morgan fingerprint density at radius 1 is 0.648 bits per heavy atom. The summed E-state index contributed by atoms with van der Waals surface area (Å²) in [5, 5.41) is 33.0. The average molecular weight is 738 g/mol. The fourth-order valence-electron chi connectivity index (χ4n) is 5.05. The molecule has 0 saturated heterocycles. The number of carboxylic acid groups (broad SMARTS) is 2. The van der Waals surface area contributed by atoms with Gasteiger partial charge in [-0.1, -0.05) is 75.1 Å². The van der Waals surface area contributed by atoms with Crippen LogP contribution in [0, 0.1) is 19.7 Å². The zero-order chi connectivity index (χ0) is 38.7. The number of rotatable bonds is 14. The first-order valence-electron chi connectivity index (χ1n) is 15.6. The molecule has 1 amide bonds. The molecule has 0 aliphatic heterocycles. The van der Waals surface area contributed by atoms with Gasteiger partial charge < -0.3 is 29.1 Å². The van der Waals surface area contributed by atoms with Crippen molar-refractivity contribution in [3.8, 4) is 0 Å². The number of aromatic nitrogens is 6. The second-order valence-electron chi connectivity index (χ2n) is 11.7. The monoisotopic (exact) mass is 737 g/mol. The number of nitrogens with one attached hydrogen (secondary N) is 1. The third kappa shape index (κ3) is 7.13. The minimum Gasteiger partial charge on any atom is -0.481 e. The van der Waals surface area contributed by atoms with Gasteiger partial charge in [0.25, 0.3) is 17.7 Å². The zero-order valence-corrected chi connectivity index (χ0v) is 27.8. The van der Waals surface area contributed by atoms with E-state index in [0.29, 0.717) is 0 Å². The van der Waals surface area contributed by atoms with E-state index < -0.39 is 94.0 Å². The number of aliphatic carboxylic acids is 2. The first kappa shape index (κ1) is 36.2. The van der Waals surface area contributed by atoms with Crippen molar-refractivity contribution in [3.63, 3.8) is 0 Å². The van der Waals surface area contributed by atoms with Gasteiger partial charge in [0.15, 0.2) is 0 Å². The number of carbonyl (C=O) groups excluding carboxylic acids is 4. The van der Waals surface area contributed by atoms with Crippen LogP contribution in [0.5, 0.6) is 0 Å². The third-order valence-corrected chi connectivity index (χ3v) is 7.94. The number of halogens is 1. The molecule has 0 spiro atoms. The van der Waals surface area contributed by atoms with Crippen LogP contribution in [0.4, 0.5) is 4.39 Å². The fourth-order valence-corrected chi connectivity index (χ4v) is 5.05. The first-order chi connectivity index (χ1) is 25.8. The summed E-state index contributed by atoms with van der Waals surface area (Å²) in [6.45, 7) is 3.57. The SMILES string of the molecule is Cc1ccc(C(=O)c2noc(C(NC(=O)C(CC(=O)O)(c3nc(C(=O)c4ccc(C)cc4)no3)c3nc(C(=O)c4ccc(F)cc4)no3)C(=O)O)n2)cc1. The number of ketones is 3. The van der Waals surface area contributed by atoms with E-state index in [4.69, 9.17) is 13.6 Å². The summed E-state index contributed by atoms with van der Waals surface area (Å²) in [6, 6.07) is 14.3. The second kappa shape index (κ2) is 14.6. The predicted molar refractivity (Wildman–Crippen MR) is 174 cm³/mol. The molecule has 6 rings (SSSR count). The number of benzene rings is 3. The number of hydrogen-bond donors (Lipinski definition) is 3. The molecule has 0 aliphatic rings. The van der Waals surface area contributed by atoms with E-state index in [1.54, 1.807) is 38.1 Å². The normalized spacial score (nSPS) is 12.7. The van der Waals surface area contributed by atoms with Crippen LogP contribution < -0.4 is 5.32 Å². The van der Waals surface area contributed by atoms with Gasteiger partial charge >= 0.3 is 11.9 Å². The molecule has 272 valence electrons. The maximum Gasteiger partial charge on any atom is 0.336 e. The Labute approximate surface area is 301 Å². The van der Waals surface area contributed by atoms with Crippen molar-refractivity contribution in [2.24, 2.45) is 0 Å². The van der Waals surface area contributed by atoms with Crippen LogP contribution in [-0.2, 0) is 19.8 Å². The van der Waals surface area contributed by atoms with Crippen LogP contribution in [0.2, 0.25) is 0 Å². The molecule has 2 unspecified atom stereocenters. The maximum absolute atomic E-state index is 14.4. The number of carboxylic acids is 2. The summed E-state index contributed by atoms with van der Waals surface area (Å²) < 4.78 is 29.1. The van der Waals surface area contributed by atoms with Crippen molar-refractivity contribution in [3.05, 3.63) is 142 Å². The number of aryl methyl sites for hydroxylation is 2. The van der Waals surface area contributed by atoms with Crippen molar-refractivity contribution < 1.29 is 56.9 Å². The highest BCUT2D eigenvalue weighted by atomic mass is 19.1. The highest BCUT2D eigenvalue weighted by Gasteiger charge is 2.56. The van der Waals surface area contributed by atoms with Crippen LogP contribution in [0.15, 0.2) is 86.4 Å². The molecule has 3 aromatic carbocycles. The summed E-state index contributed by atoms with van der Waals surface area (Å²) in [7, 11) is 0. The van der Waals surface area contributed by atoms with E-state index in [2.05, 4.69) is 35.7 Å².